The van der Waals surface area contributed by atoms with Gasteiger partial charge in [0, 0.05) is 0 Å². The Kier molecular flexibility index (Phi) is 3.68. The molecule has 0 heterocycles. The number of benzene rings is 4. The summed E-state index contributed by atoms with van der Waals surface area (Å²) in [5, 5.41) is 2.75. The molecule has 0 aromatic heterocycles. The van der Waals surface area contributed by atoms with Gasteiger partial charge in [0.2, 0.25) is 0 Å². The maximum Gasteiger partial charge on any atom is -0.0146 e. The molecule has 1 aliphatic rings. The van der Waals surface area contributed by atoms with E-state index in [0.29, 0.717) is 0 Å². The van der Waals surface area contributed by atoms with Gasteiger partial charge in [-0.2, -0.15) is 0 Å². The van der Waals surface area contributed by atoms with Gasteiger partial charge < -0.3 is 0 Å². The van der Waals surface area contributed by atoms with E-state index >= 15 is 0 Å². The number of rotatable bonds is 2. The zero-order valence-corrected chi connectivity index (χ0v) is 14.7. The molecule has 0 atom stereocenters. The zero-order chi connectivity index (χ0) is 17.3. The van der Waals surface area contributed by atoms with E-state index in [1.165, 1.54) is 44.2 Å². The molecule has 0 amide bonds. The van der Waals surface area contributed by atoms with Crippen molar-refractivity contribution in [1.29, 1.82) is 0 Å². The van der Waals surface area contributed by atoms with Gasteiger partial charge >= 0.3 is 0 Å². The fraction of sp³-hybridized carbons (Fsp3) is 0.0769. The molecule has 0 heteroatoms. The molecule has 0 unspecified atom stereocenters. The lowest BCUT2D eigenvalue weighted by Crippen LogP contribution is -2.00. The second-order valence-corrected chi connectivity index (χ2v) is 6.97. The lowest BCUT2D eigenvalue weighted by molar-refractivity contribution is 1.01. The second kappa shape index (κ2) is 6.31. The molecule has 26 heavy (non-hydrogen) atoms. The van der Waals surface area contributed by atoms with Crippen LogP contribution >= 0.6 is 0 Å². The molecule has 0 saturated heterocycles. The first-order valence-corrected chi connectivity index (χ1v) is 9.25. The van der Waals surface area contributed by atoms with Gasteiger partial charge in [0.25, 0.3) is 0 Å². The van der Waals surface area contributed by atoms with Crippen molar-refractivity contribution < 1.29 is 0 Å². The van der Waals surface area contributed by atoms with Crippen molar-refractivity contribution in [3.05, 3.63) is 108 Å². The highest BCUT2D eigenvalue weighted by Gasteiger charge is 2.14. The molecule has 0 bridgehead atoms. The Hall–Kier alpha value is -3.12. The van der Waals surface area contributed by atoms with Crippen molar-refractivity contribution >= 4 is 22.4 Å². The van der Waals surface area contributed by atoms with Gasteiger partial charge in [0.05, 0.1) is 0 Å². The summed E-state index contributed by atoms with van der Waals surface area (Å²) >= 11 is 0. The number of hydrogen-bond donors (Lipinski definition) is 0. The largest absolute Gasteiger partial charge is 0.0622 e. The third-order valence-electron chi connectivity index (χ3n) is 5.41. The van der Waals surface area contributed by atoms with Crippen molar-refractivity contribution in [2.75, 3.05) is 0 Å². The van der Waals surface area contributed by atoms with E-state index in [4.69, 9.17) is 0 Å². The molecule has 0 radical (unpaired) electrons. The minimum absolute atomic E-state index is 1.10. The van der Waals surface area contributed by atoms with Crippen molar-refractivity contribution in [1.82, 2.24) is 0 Å². The predicted octanol–water partition coefficient (Wildman–Crippen LogP) is 6.99. The molecule has 0 spiro atoms. The lowest BCUT2D eigenvalue weighted by atomic mass is 9.85. The quantitative estimate of drug-likeness (QED) is 0.371. The van der Waals surface area contributed by atoms with E-state index < -0.39 is 0 Å². The number of fused-ring (bicyclic) bond motifs is 3. The van der Waals surface area contributed by atoms with Crippen LogP contribution in [0.4, 0.5) is 0 Å². The summed E-state index contributed by atoms with van der Waals surface area (Å²) in [5.74, 6) is 0. The number of allylic oxidation sites excluding steroid dienone is 1. The first kappa shape index (κ1) is 15.2. The molecule has 4 aromatic rings. The van der Waals surface area contributed by atoms with E-state index in [2.05, 4.69) is 97.1 Å². The minimum Gasteiger partial charge on any atom is -0.0622 e. The van der Waals surface area contributed by atoms with Crippen LogP contribution in [0, 0.1) is 0 Å². The molecule has 0 fully saturated rings. The number of aryl methyl sites for hydroxylation is 1. The van der Waals surface area contributed by atoms with Gasteiger partial charge in [-0.25, -0.2) is 0 Å². The van der Waals surface area contributed by atoms with Gasteiger partial charge in [-0.3, -0.25) is 0 Å². The third kappa shape index (κ3) is 2.64. The highest BCUT2D eigenvalue weighted by atomic mass is 14.2. The summed E-state index contributed by atoms with van der Waals surface area (Å²) in [6.45, 7) is 0. The molecule has 0 N–H and O–H groups in total. The summed E-state index contributed by atoms with van der Waals surface area (Å²) in [4.78, 5) is 0. The van der Waals surface area contributed by atoms with E-state index in [-0.39, 0.29) is 0 Å². The summed E-state index contributed by atoms with van der Waals surface area (Å²) in [7, 11) is 0. The van der Waals surface area contributed by atoms with Gasteiger partial charge in [-0.15, -0.1) is 0 Å². The molecule has 0 aliphatic heterocycles. The first-order chi connectivity index (χ1) is 12.9. The van der Waals surface area contributed by atoms with E-state index in [1.807, 2.05) is 0 Å². The van der Waals surface area contributed by atoms with Crippen molar-refractivity contribution in [3.8, 4) is 11.1 Å². The molecule has 1 aliphatic carbocycles. The van der Waals surface area contributed by atoms with Gasteiger partial charge in [0.15, 0.2) is 0 Å². The van der Waals surface area contributed by atoms with Crippen molar-refractivity contribution in [2.45, 2.75) is 12.8 Å². The Morgan fingerprint density at radius 3 is 2.04 bits per heavy atom. The van der Waals surface area contributed by atoms with Crippen LogP contribution in [-0.4, -0.2) is 0 Å². The van der Waals surface area contributed by atoms with Crippen molar-refractivity contribution in [2.24, 2.45) is 0 Å². The molecule has 0 nitrogen and oxygen atoms in total. The van der Waals surface area contributed by atoms with E-state index in [9.17, 15) is 0 Å². The Bertz CT molecular complexity index is 1100. The van der Waals surface area contributed by atoms with Crippen LogP contribution in [0.2, 0.25) is 0 Å². The lowest BCUT2D eigenvalue weighted by Gasteiger charge is -2.19. The molecule has 124 valence electrons. The highest BCUT2D eigenvalue weighted by molar-refractivity contribution is 5.94. The second-order valence-electron chi connectivity index (χ2n) is 6.97. The van der Waals surface area contributed by atoms with Gasteiger partial charge in [-0.05, 0) is 57.0 Å². The van der Waals surface area contributed by atoms with Crippen LogP contribution in [0.25, 0.3) is 33.5 Å². The van der Waals surface area contributed by atoms with Crippen LogP contribution in [-0.2, 0) is 6.42 Å². The molecular formula is C26H20. The molecule has 5 rings (SSSR count). The zero-order valence-electron chi connectivity index (χ0n) is 14.7. The van der Waals surface area contributed by atoms with Crippen LogP contribution in [0.1, 0.15) is 23.1 Å². The summed E-state index contributed by atoms with van der Waals surface area (Å²) in [6.07, 6.45) is 4.59. The molecule has 4 aromatic carbocycles. The Balaban J connectivity index is 1.52. The smallest absolute Gasteiger partial charge is 0.0146 e. The van der Waals surface area contributed by atoms with Crippen LogP contribution in [0.3, 0.4) is 0 Å². The molecule has 0 saturated carbocycles. The predicted molar refractivity (Wildman–Crippen MR) is 112 cm³/mol. The molecular weight excluding hydrogens is 312 g/mol. The topological polar surface area (TPSA) is 0 Å². The average molecular weight is 332 g/mol. The fourth-order valence-corrected chi connectivity index (χ4v) is 4.02. The Morgan fingerprint density at radius 1 is 0.500 bits per heavy atom. The summed E-state index contributed by atoms with van der Waals surface area (Å²) in [6, 6.07) is 32.8. The van der Waals surface area contributed by atoms with Crippen LogP contribution in [0.15, 0.2) is 91.0 Å². The van der Waals surface area contributed by atoms with Crippen molar-refractivity contribution in [3.63, 3.8) is 0 Å². The average Bonchev–Trinajstić information content (AvgIpc) is 2.74. The SMILES string of the molecule is C1=C(c2ccc(-c3ccccc3)cc2)CCc2c1ccc1ccccc21. The standard InChI is InChI=1S/C26H20/c1-2-6-19(7-3-1)20-10-12-21(13-11-20)23-16-17-26-24(18-23)15-14-22-8-4-5-9-25(22)26/h1-15,18H,16-17H2. The minimum atomic E-state index is 1.10. The third-order valence-corrected chi connectivity index (χ3v) is 5.41. The van der Waals surface area contributed by atoms with Crippen LogP contribution in [0.5, 0.6) is 0 Å². The first-order valence-electron chi connectivity index (χ1n) is 9.25. The monoisotopic (exact) mass is 332 g/mol. The summed E-state index contributed by atoms with van der Waals surface area (Å²) in [5.41, 5.74) is 8.19. The summed E-state index contributed by atoms with van der Waals surface area (Å²) < 4.78 is 0. The van der Waals surface area contributed by atoms with E-state index in [0.717, 1.165) is 12.8 Å². The highest BCUT2D eigenvalue weighted by Crippen LogP contribution is 2.35. The van der Waals surface area contributed by atoms with Gasteiger partial charge in [-0.1, -0.05) is 97.1 Å². The Morgan fingerprint density at radius 2 is 1.19 bits per heavy atom. The maximum absolute atomic E-state index is 2.38. The fourth-order valence-electron chi connectivity index (χ4n) is 4.02. The van der Waals surface area contributed by atoms with Gasteiger partial charge in [0.1, 0.15) is 0 Å². The Labute approximate surface area is 154 Å². The number of hydrogen-bond acceptors (Lipinski definition) is 0. The van der Waals surface area contributed by atoms with Crippen LogP contribution < -0.4 is 0 Å². The normalized spacial score (nSPS) is 13.3. The maximum atomic E-state index is 2.38. The van der Waals surface area contributed by atoms with E-state index in [1.54, 1.807) is 0 Å².